The summed E-state index contributed by atoms with van der Waals surface area (Å²) < 4.78 is 0.905. The van der Waals surface area contributed by atoms with Crippen molar-refractivity contribution >= 4 is 33.7 Å². The van der Waals surface area contributed by atoms with Crippen LogP contribution in [-0.4, -0.2) is 17.0 Å². The number of carbonyl (C=O) groups excluding carboxylic acids is 1. The third-order valence-corrected chi connectivity index (χ3v) is 3.28. The molecule has 0 atom stereocenters. The van der Waals surface area contributed by atoms with Crippen molar-refractivity contribution in [2.45, 2.75) is 6.42 Å². The molecule has 0 fully saturated rings. The van der Waals surface area contributed by atoms with Crippen molar-refractivity contribution in [3.8, 4) is 0 Å². The number of carbonyl (C=O) groups is 1. The number of rotatable bonds is 5. The first-order chi connectivity index (χ1) is 10.6. The van der Waals surface area contributed by atoms with Gasteiger partial charge >= 0.3 is 0 Å². The van der Waals surface area contributed by atoms with E-state index in [9.17, 15) is 14.9 Å². The molecule has 0 bridgehead atoms. The van der Waals surface area contributed by atoms with Gasteiger partial charge in [-0.3, -0.25) is 14.9 Å². The summed E-state index contributed by atoms with van der Waals surface area (Å²) in [4.78, 5) is 22.2. The van der Waals surface area contributed by atoms with E-state index in [0.29, 0.717) is 5.56 Å². The first-order valence-electron chi connectivity index (χ1n) is 6.36. The first kappa shape index (κ1) is 15.8. The summed E-state index contributed by atoms with van der Waals surface area (Å²) in [5.74, 6) is -0.416. The maximum Gasteiger partial charge on any atom is 0.273 e. The van der Waals surface area contributed by atoms with Gasteiger partial charge in [-0.1, -0.05) is 46.3 Å². The lowest BCUT2D eigenvalue weighted by molar-refractivity contribution is -0.385. The largest absolute Gasteiger partial charge is 0.273 e. The van der Waals surface area contributed by atoms with E-state index >= 15 is 0 Å². The molecule has 1 amide bonds. The highest BCUT2D eigenvalue weighted by Gasteiger charge is 2.14. The Labute approximate surface area is 135 Å². The Hall–Kier alpha value is -2.54. The third kappa shape index (κ3) is 4.49. The van der Waals surface area contributed by atoms with Crippen molar-refractivity contribution in [2.24, 2.45) is 5.10 Å². The molecule has 0 unspecified atom stereocenters. The van der Waals surface area contributed by atoms with E-state index in [1.165, 1.54) is 12.3 Å². The van der Waals surface area contributed by atoms with Crippen LogP contribution >= 0.6 is 15.9 Å². The molecular weight excluding hydrogens is 350 g/mol. The lowest BCUT2D eigenvalue weighted by atomic mass is 10.1. The molecule has 2 aromatic carbocycles. The second-order valence-corrected chi connectivity index (χ2v) is 5.33. The molecule has 0 saturated carbocycles. The quantitative estimate of drug-likeness (QED) is 0.504. The second kappa shape index (κ2) is 7.46. The molecule has 0 aliphatic rings. The molecule has 0 aliphatic heterocycles. The van der Waals surface area contributed by atoms with E-state index in [2.05, 4.69) is 26.5 Å². The summed E-state index contributed by atoms with van der Waals surface area (Å²) in [6.07, 6.45) is 1.40. The number of nitrogens with zero attached hydrogens (tertiary/aromatic N) is 2. The van der Waals surface area contributed by atoms with Crippen LogP contribution in [0.2, 0.25) is 0 Å². The Morgan fingerprint density at radius 1 is 1.27 bits per heavy atom. The van der Waals surface area contributed by atoms with Crippen molar-refractivity contribution < 1.29 is 9.72 Å². The maximum absolute atomic E-state index is 11.8. The van der Waals surface area contributed by atoms with Gasteiger partial charge in [-0.2, -0.15) is 5.10 Å². The van der Waals surface area contributed by atoms with Crippen molar-refractivity contribution in [3.05, 3.63) is 74.2 Å². The number of halogens is 1. The highest BCUT2D eigenvalue weighted by molar-refractivity contribution is 9.10. The standard InChI is InChI=1S/C15H12BrN3O3/c16-13-6-3-4-11(8-13)10-17-18-15(20)9-12-5-1-2-7-14(12)19(21)22/h1-8,10H,9H2,(H,18,20). The summed E-state index contributed by atoms with van der Waals surface area (Å²) >= 11 is 3.34. The van der Waals surface area contributed by atoms with Crippen LogP contribution < -0.4 is 5.43 Å². The Morgan fingerprint density at radius 2 is 2.05 bits per heavy atom. The Bertz CT molecular complexity index is 731. The number of hydrogen-bond donors (Lipinski definition) is 1. The average molecular weight is 362 g/mol. The van der Waals surface area contributed by atoms with Crippen molar-refractivity contribution in [2.75, 3.05) is 0 Å². The lowest BCUT2D eigenvalue weighted by Gasteiger charge is -2.02. The number of hydrazone groups is 1. The second-order valence-electron chi connectivity index (χ2n) is 4.41. The zero-order valence-electron chi connectivity index (χ0n) is 11.4. The fraction of sp³-hybridized carbons (Fsp3) is 0.0667. The van der Waals surface area contributed by atoms with Gasteiger partial charge in [-0.15, -0.1) is 0 Å². The summed E-state index contributed by atoms with van der Waals surface area (Å²) in [7, 11) is 0. The predicted molar refractivity (Wildman–Crippen MR) is 86.7 cm³/mol. The van der Waals surface area contributed by atoms with E-state index in [4.69, 9.17) is 0 Å². The van der Waals surface area contributed by atoms with Gasteiger partial charge in [0, 0.05) is 16.1 Å². The molecule has 112 valence electrons. The minimum atomic E-state index is -0.507. The van der Waals surface area contributed by atoms with Gasteiger partial charge in [-0.05, 0) is 17.7 Å². The molecule has 0 heterocycles. The first-order valence-corrected chi connectivity index (χ1v) is 7.15. The van der Waals surface area contributed by atoms with Crippen LogP contribution in [0.15, 0.2) is 58.1 Å². The van der Waals surface area contributed by atoms with Gasteiger partial charge in [0.15, 0.2) is 0 Å². The minimum Gasteiger partial charge on any atom is -0.273 e. The molecular formula is C15H12BrN3O3. The predicted octanol–water partition coefficient (Wildman–Crippen LogP) is 3.05. The van der Waals surface area contributed by atoms with Gasteiger partial charge in [-0.25, -0.2) is 5.43 Å². The molecule has 2 rings (SSSR count). The SMILES string of the molecule is O=C(Cc1ccccc1[N+](=O)[O-])NN=Cc1cccc(Br)c1. The van der Waals surface area contributed by atoms with Gasteiger partial charge in [0.25, 0.3) is 5.69 Å². The fourth-order valence-corrected chi connectivity index (χ4v) is 2.23. The smallest absolute Gasteiger partial charge is 0.273 e. The van der Waals surface area contributed by atoms with Gasteiger partial charge < -0.3 is 0 Å². The number of para-hydroxylation sites is 1. The van der Waals surface area contributed by atoms with E-state index in [0.717, 1.165) is 10.0 Å². The molecule has 0 radical (unpaired) electrons. The summed E-state index contributed by atoms with van der Waals surface area (Å²) in [5, 5.41) is 14.7. The number of benzene rings is 2. The van der Waals surface area contributed by atoms with Gasteiger partial charge in [0.05, 0.1) is 17.6 Å². The molecule has 2 aromatic rings. The van der Waals surface area contributed by atoms with E-state index < -0.39 is 10.8 Å². The van der Waals surface area contributed by atoms with Crippen LogP contribution in [-0.2, 0) is 11.2 Å². The highest BCUT2D eigenvalue weighted by Crippen LogP contribution is 2.17. The van der Waals surface area contributed by atoms with Crippen LogP contribution in [0.3, 0.4) is 0 Å². The third-order valence-electron chi connectivity index (χ3n) is 2.79. The fourth-order valence-electron chi connectivity index (χ4n) is 1.82. The maximum atomic E-state index is 11.8. The molecule has 0 aliphatic carbocycles. The number of nitrogens with one attached hydrogen (secondary N) is 1. The number of hydrogen-bond acceptors (Lipinski definition) is 4. The Balaban J connectivity index is 1.98. The number of nitro groups is 1. The van der Waals surface area contributed by atoms with Crippen LogP contribution in [0.1, 0.15) is 11.1 Å². The van der Waals surface area contributed by atoms with Crippen molar-refractivity contribution in [1.82, 2.24) is 5.43 Å². The van der Waals surface area contributed by atoms with E-state index in [-0.39, 0.29) is 12.1 Å². The molecule has 0 spiro atoms. The monoisotopic (exact) mass is 361 g/mol. The summed E-state index contributed by atoms with van der Waals surface area (Å²) in [6, 6.07) is 13.5. The van der Waals surface area contributed by atoms with Crippen LogP contribution in [0.5, 0.6) is 0 Å². The van der Waals surface area contributed by atoms with Crippen molar-refractivity contribution in [1.29, 1.82) is 0 Å². The van der Waals surface area contributed by atoms with Crippen LogP contribution in [0, 0.1) is 10.1 Å². The average Bonchev–Trinajstić information content (AvgIpc) is 2.47. The van der Waals surface area contributed by atoms with Crippen molar-refractivity contribution in [3.63, 3.8) is 0 Å². The minimum absolute atomic E-state index is 0.0754. The molecule has 0 aromatic heterocycles. The Kier molecular flexibility index (Phi) is 5.37. The lowest BCUT2D eigenvalue weighted by Crippen LogP contribution is -2.20. The molecule has 1 N–H and O–H groups in total. The number of amides is 1. The van der Waals surface area contributed by atoms with Gasteiger partial charge in [0.1, 0.15) is 0 Å². The van der Waals surface area contributed by atoms with Crippen LogP contribution in [0.4, 0.5) is 5.69 Å². The zero-order chi connectivity index (χ0) is 15.9. The van der Waals surface area contributed by atoms with Gasteiger partial charge in [0.2, 0.25) is 5.91 Å². The zero-order valence-corrected chi connectivity index (χ0v) is 13.0. The topological polar surface area (TPSA) is 84.6 Å². The molecule has 22 heavy (non-hydrogen) atoms. The Morgan fingerprint density at radius 3 is 2.77 bits per heavy atom. The summed E-state index contributed by atoms with van der Waals surface area (Å²) in [5.41, 5.74) is 3.45. The van der Waals surface area contributed by atoms with E-state index in [1.54, 1.807) is 18.2 Å². The molecule has 0 saturated heterocycles. The molecule has 6 nitrogen and oxygen atoms in total. The number of nitro benzene ring substituents is 1. The highest BCUT2D eigenvalue weighted by atomic mass is 79.9. The van der Waals surface area contributed by atoms with Crippen LogP contribution in [0.25, 0.3) is 0 Å². The normalized spacial score (nSPS) is 10.6. The molecule has 7 heteroatoms. The van der Waals surface area contributed by atoms with E-state index in [1.807, 2.05) is 24.3 Å². The summed E-state index contributed by atoms with van der Waals surface area (Å²) in [6.45, 7) is 0.